The molecule has 1 aliphatic carbocycles. The van der Waals surface area contributed by atoms with Gasteiger partial charge in [-0.15, -0.1) is 0 Å². The van der Waals surface area contributed by atoms with Crippen molar-refractivity contribution in [2.45, 2.75) is 25.4 Å². The Kier molecular flexibility index (Phi) is 3.06. The first-order chi connectivity index (χ1) is 9.61. The summed E-state index contributed by atoms with van der Waals surface area (Å²) in [7, 11) is 0. The number of fused-ring (bicyclic) bond motifs is 1. The molecule has 0 saturated carbocycles. The third-order valence-corrected chi connectivity index (χ3v) is 3.54. The zero-order chi connectivity index (χ0) is 14.1. The van der Waals surface area contributed by atoms with Gasteiger partial charge in [0.25, 0.3) is 0 Å². The fourth-order valence-electron chi connectivity index (χ4n) is 2.67. The summed E-state index contributed by atoms with van der Waals surface area (Å²) in [6.45, 7) is 0.0967. The second-order valence-corrected chi connectivity index (χ2v) is 5.09. The van der Waals surface area contributed by atoms with Crippen molar-refractivity contribution in [1.82, 2.24) is 9.78 Å². The van der Waals surface area contributed by atoms with Gasteiger partial charge in [-0.05, 0) is 36.1 Å². The summed E-state index contributed by atoms with van der Waals surface area (Å²) >= 11 is 0. The second-order valence-electron chi connectivity index (χ2n) is 5.09. The number of nitrogens with zero attached hydrogens (tertiary/aromatic N) is 2. The molecule has 1 atom stereocenters. The lowest BCUT2D eigenvalue weighted by Gasteiger charge is -2.13. The van der Waals surface area contributed by atoms with Crippen LogP contribution in [0.1, 0.15) is 23.6 Å². The Morgan fingerprint density at radius 2 is 2.35 bits per heavy atom. The van der Waals surface area contributed by atoms with Crippen LogP contribution in [0.2, 0.25) is 0 Å². The highest BCUT2D eigenvalue weighted by Gasteiger charge is 2.22. The van der Waals surface area contributed by atoms with Crippen LogP contribution in [0.5, 0.6) is 0 Å². The van der Waals surface area contributed by atoms with Crippen LogP contribution in [0.3, 0.4) is 0 Å². The van der Waals surface area contributed by atoms with Crippen molar-refractivity contribution in [2.24, 2.45) is 5.73 Å². The van der Waals surface area contributed by atoms with E-state index in [2.05, 4.69) is 16.5 Å². The predicted octanol–water partition coefficient (Wildman–Crippen LogP) is 1.05. The van der Waals surface area contributed by atoms with Gasteiger partial charge in [0, 0.05) is 11.9 Å². The van der Waals surface area contributed by atoms with E-state index in [0.29, 0.717) is 0 Å². The molecule has 2 aromatic rings. The molecule has 0 spiro atoms. The number of aryl methyl sites for hydroxylation is 1. The van der Waals surface area contributed by atoms with Crippen molar-refractivity contribution in [3.63, 3.8) is 0 Å². The molecule has 1 unspecified atom stereocenters. The number of aromatic nitrogens is 2. The minimum atomic E-state index is -0.402. The monoisotopic (exact) mass is 271 g/mol. The topological polar surface area (TPSA) is 99.0 Å². The number of rotatable bonds is 4. The molecule has 0 fully saturated rings. The number of anilines is 2. The van der Waals surface area contributed by atoms with Crippen molar-refractivity contribution >= 4 is 17.3 Å². The average molecular weight is 271 g/mol. The highest BCUT2D eigenvalue weighted by atomic mass is 16.1. The maximum Gasteiger partial charge on any atom is 0.239 e. The van der Waals surface area contributed by atoms with Crippen LogP contribution in [-0.2, 0) is 17.8 Å². The van der Waals surface area contributed by atoms with Gasteiger partial charge in [-0.2, -0.15) is 5.10 Å². The first-order valence-electron chi connectivity index (χ1n) is 6.57. The SMILES string of the molecule is NC(=O)Cn1cc(NC2CCc3cc(N)ccc32)cn1. The number of benzene rings is 1. The van der Waals surface area contributed by atoms with E-state index < -0.39 is 5.91 Å². The number of hydrogen-bond acceptors (Lipinski definition) is 4. The molecule has 0 bridgehead atoms. The lowest BCUT2D eigenvalue weighted by Crippen LogP contribution is -2.18. The molecule has 3 rings (SSSR count). The Labute approximate surface area is 116 Å². The fourth-order valence-corrected chi connectivity index (χ4v) is 2.67. The molecule has 104 valence electrons. The maximum atomic E-state index is 10.8. The summed E-state index contributed by atoms with van der Waals surface area (Å²) in [6, 6.07) is 6.29. The maximum absolute atomic E-state index is 10.8. The predicted molar refractivity (Wildman–Crippen MR) is 77.0 cm³/mol. The smallest absolute Gasteiger partial charge is 0.239 e. The average Bonchev–Trinajstić information content (AvgIpc) is 2.97. The van der Waals surface area contributed by atoms with E-state index in [1.165, 1.54) is 15.8 Å². The number of hydrogen-bond donors (Lipinski definition) is 3. The number of nitrogens with one attached hydrogen (secondary N) is 1. The first kappa shape index (κ1) is 12.5. The fraction of sp³-hybridized carbons (Fsp3) is 0.286. The largest absolute Gasteiger partial charge is 0.399 e. The summed E-state index contributed by atoms with van der Waals surface area (Å²) in [5.41, 5.74) is 15.2. The Balaban J connectivity index is 1.74. The molecule has 5 N–H and O–H groups in total. The van der Waals surface area contributed by atoms with E-state index in [1.54, 1.807) is 12.4 Å². The van der Waals surface area contributed by atoms with Gasteiger partial charge in [0.15, 0.2) is 0 Å². The normalized spacial score (nSPS) is 16.9. The van der Waals surface area contributed by atoms with Gasteiger partial charge in [0.05, 0.1) is 17.9 Å². The van der Waals surface area contributed by atoms with Gasteiger partial charge in [-0.3, -0.25) is 9.48 Å². The van der Waals surface area contributed by atoms with Crippen LogP contribution >= 0.6 is 0 Å². The molecule has 0 aliphatic heterocycles. The molecule has 1 aromatic heterocycles. The van der Waals surface area contributed by atoms with Crippen LogP contribution in [0.25, 0.3) is 0 Å². The van der Waals surface area contributed by atoms with Gasteiger partial charge < -0.3 is 16.8 Å². The van der Waals surface area contributed by atoms with E-state index in [0.717, 1.165) is 24.2 Å². The van der Waals surface area contributed by atoms with Crippen LogP contribution in [0.15, 0.2) is 30.6 Å². The third kappa shape index (κ3) is 2.45. The zero-order valence-electron chi connectivity index (χ0n) is 11.0. The standard InChI is InChI=1S/C14H17N5O/c15-10-2-3-12-9(5-10)1-4-13(12)18-11-6-17-19(7-11)8-14(16)20/h2-3,5-7,13,18H,1,4,8,15H2,(H2,16,20). The van der Waals surface area contributed by atoms with Gasteiger partial charge in [0.2, 0.25) is 5.91 Å². The van der Waals surface area contributed by atoms with E-state index in [9.17, 15) is 4.79 Å². The lowest BCUT2D eigenvalue weighted by molar-refractivity contribution is -0.118. The highest BCUT2D eigenvalue weighted by molar-refractivity contribution is 5.73. The number of carbonyl (C=O) groups is 1. The summed E-state index contributed by atoms with van der Waals surface area (Å²) < 4.78 is 1.53. The number of amides is 1. The third-order valence-electron chi connectivity index (χ3n) is 3.54. The molecule has 20 heavy (non-hydrogen) atoms. The first-order valence-corrected chi connectivity index (χ1v) is 6.57. The molecular formula is C14H17N5O. The minimum Gasteiger partial charge on any atom is -0.399 e. The Hall–Kier alpha value is -2.50. The molecule has 0 radical (unpaired) electrons. The highest BCUT2D eigenvalue weighted by Crippen LogP contribution is 2.34. The summed E-state index contributed by atoms with van der Waals surface area (Å²) in [5.74, 6) is -0.402. The number of nitrogen functional groups attached to an aromatic ring is 1. The van der Waals surface area contributed by atoms with E-state index in [-0.39, 0.29) is 12.6 Å². The summed E-state index contributed by atoms with van der Waals surface area (Å²) in [5, 5.41) is 7.54. The van der Waals surface area contributed by atoms with Crippen LogP contribution < -0.4 is 16.8 Å². The molecule has 1 aliphatic rings. The van der Waals surface area contributed by atoms with Crippen LogP contribution in [0.4, 0.5) is 11.4 Å². The molecule has 0 saturated heterocycles. The van der Waals surface area contributed by atoms with Crippen molar-refractivity contribution in [3.8, 4) is 0 Å². The Morgan fingerprint density at radius 1 is 1.50 bits per heavy atom. The molecule has 1 amide bonds. The Bertz CT molecular complexity index is 649. The zero-order valence-corrected chi connectivity index (χ0v) is 11.0. The number of nitrogens with two attached hydrogens (primary N) is 2. The van der Waals surface area contributed by atoms with E-state index >= 15 is 0 Å². The molecule has 1 heterocycles. The van der Waals surface area contributed by atoms with Gasteiger partial charge >= 0.3 is 0 Å². The summed E-state index contributed by atoms with van der Waals surface area (Å²) in [6.07, 6.45) is 5.55. The Morgan fingerprint density at radius 3 is 3.15 bits per heavy atom. The van der Waals surface area contributed by atoms with Gasteiger partial charge in [-0.1, -0.05) is 6.07 Å². The van der Waals surface area contributed by atoms with Crippen molar-refractivity contribution in [3.05, 3.63) is 41.7 Å². The quantitative estimate of drug-likeness (QED) is 0.724. The van der Waals surface area contributed by atoms with Crippen molar-refractivity contribution < 1.29 is 4.79 Å². The van der Waals surface area contributed by atoms with E-state index in [1.807, 2.05) is 12.1 Å². The van der Waals surface area contributed by atoms with Crippen molar-refractivity contribution in [1.29, 1.82) is 0 Å². The molecular weight excluding hydrogens is 254 g/mol. The van der Waals surface area contributed by atoms with Gasteiger partial charge in [0.1, 0.15) is 6.54 Å². The van der Waals surface area contributed by atoms with E-state index in [4.69, 9.17) is 11.5 Å². The van der Waals surface area contributed by atoms with Crippen molar-refractivity contribution in [2.75, 3.05) is 11.1 Å². The second kappa shape index (κ2) is 4.88. The van der Waals surface area contributed by atoms with Crippen LogP contribution in [0, 0.1) is 0 Å². The lowest BCUT2D eigenvalue weighted by atomic mass is 10.1. The summed E-state index contributed by atoms with van der Waals surface area (Å²) in [4.78, 5) is 10.8. The molecule has 6 nitrogen and oxygen atoms in total. The van der Waals surface area contributed by atoms with Gasteiger partial charge in [-0.25, -0.2) is 0 Å². The number of primary amides is 1. The van der Waals surface area contributed by atoms with Crippen LogP contribution in [-0.4, -0.2) is 15.7 Å². The number of carbonyl (C=O) groups excluding carboxylic acids is 1. The molecule has 1 aromatic carbocycles. The minimum absolute atomic E-state index is 0.0967. The molecule has 6 heteroatoms.